The summed E-state index contributed by atoms with van der Waals surface area (Å²) < 4.78 is 17.1. The second-order valence-corrected chi connectivity index (χ2v) is 2.70. The largest absolute Gasteiger partial charge is 0.505 e. The van der Waals surface area contributed by atoms with Crippen molar-refractivity contribution in [1.82, 2.24) is 0 Å². The second-order valence-electron chi connectivity index (χ2n) is 2.70. The Bertz CT molecular complexity index is 341. The number of aromatic hydroxyl groups is 1. The number of nitrogens with two attached hydrogens (primary N) is 1. The number of halogens is 1. The predicted molar refractivity (Wildman–Crippen MR) is 47.3 cm³/mol. The van der Waals surface area contributed by atoms with Gasteiger partial charge in [0.05, 0.1) is 6.61 Å². The summed E-state index contributed by atoms with van der Waals surface area (Å²) in [4.78, 5) is 10.2. The van der Waals surface area contributed by atoms with Crippen molar-refractivity contribution in [2.24, 2.45) is 5.73 Å². The number of benzene rings is 1. The SMILES string of the molecule is NC(=O)OCCc1ccc(F)c(O)c1. The minimum atomic E-state index is -0.851. The van der Waals surface area contributed by atoms with Crippen LogP contribution < -0.4 is 5.73 Å². The number of rotatable bonds is 3. The Morgan fingerprint density at radius 2 is 2.29 bits per heavy atom. The lowest BCUT2D eigenvalue weighted by molar-refractivity contribution is 0.158. The highest BCUT2D eigenvalue weighted by Gasteiger charge is 2.02. The average Bonchev–Trinajstić information content (AvgIpc) is 2.10. The molecule has 0 aliphatic rings. The van der Waals surface area contributed by atoms with E-state index in [1.54, 1.807) is 0 Å². The number of hydrogen-bond donors (Lipinski definition) is 2. The fourth-order valence-corrected chi connectivity index (χ4v) is 0.983. The summed E-state index contributed by atoms with van der Waals surface area (Å²) in [5.74, 6) is -1.09. The lowest BCUT2D eigenvalue weighted by Gasteiger charge is -2.02. The Hall–Kier alpha value is -1.78. The van der Waals surface area contributed by atoms with Crippen LogP contribution in [0.5, 0.6) is 5.75 Å². The maximum absolute atomic E-state index is 12.6. The van der Waals surface area contributed by atoms with Crippen LogP contribution in [0.1, 0.15) is 5.56 Å². The van der Waals surface area contributed by atoms with Gasteiger partial charge in [-0.05, 0) is 17.7 Å². The zero-order valence-electron chi connectivity index (χ0n) is 7.37. The predicted octanol–water partition coefficient (Wildman–Crippen LogP) is 1.17. The normalized spacial score (nSPS) is 9.79. The first-order valence-electron chi connectivity index (χ1n) is 3.99. The number of amides is 1. The molecule has 0 fully saturated rings. The molecule has 0 saturated heterocycles. The molecule has 3 N–H and O–H groups in total. The first-order chi connectivity index (χ1) is 6.59. The first kappa shape index (κ1) is 10.3. The third kappa shape index (κ3) is 2.93. The molecule has 1 rings (SSSR count). The Balaban J connectivity index is 2.51. The van der Waals surface area contributed by atoms with Crippen LogP contribution in [0, 0.1) is 5.82 Å². The summed E-state index contributed by atoms with van der Waals surface area (Å²) in [7, 11) is 0. The monoisotopic (exact) mass is 199 g/mol. The van der Waals surface area contributed by atoms with Gasteiger partial charge in [-0.25, -0.2) is 9.18 Å². The fraction of sp³-hybridized carbons (Fsp3) is 0.222. The van der Waals surface area contributed by atoms with Gasteiger partial charge in [-0.3, -0.25) is 0 Å². The van der Waals surface area contributed by atoms with Crippen LogP contribution in [0.2, 0.25) is 0 Å². The molecule has 0 unspecified atom stereocenters. The fourth-order valence-electron chi connectivity index (χ4n) is 0.983. The number of primary amides is 1. The molecule has 0 saturated carbocycles. The van der Waals surface area contributed by atoms with E-state index in [9.17, 15) is 9.18 Å². The highest BCUT2D eigenvalue weighted by Crippen LogP contribution is 2.16. The zero-order chi connectivity index (χ0) is 10.6. The molecule has 76 valence electrons. The molecule has 14 heavy (non-hydrogen) atoms. The minimum absolute atomic E-state index is 0.112. The van der Waals surface area contributed by atoms with Crippen molar-refractivity contribution in [1.29, 1.82) is 0 Å². The van der Waals surface area contributed by atoms with Gasteiger partial charge in [0.15, 0.2) is 11.6 Å². The third-order valence-corrected chi connectivity index (χ3v) is 1.65. The number of carbonyl (C=O) groups excluding carboxylic acids is 1. The van der Waals surface area contributed by atoms with Crippen LogP contribution in [0.15, 0.2) is 18.2 Å². The van der Waals surface area contributed by atoms with E-state index in [1.807, 2.05) is 0 Å². The van der Waals surface area contributed by atoms with Gasteiger partial charge >= 0.3 is 6.09 Å². The highest BCUT2D eigenvalue weighted by molar-refractivity contribution is 5.64. The molecule has 1 aromatic carbocycles. The van der Waals surface area contributed by atoms with Crippen molar-refractivity contribution in [2.75, 3.05) is 6.61 Å². The Morgan fingerprint density at radius 1 is 1.57 bits per heavy atom. The average molecular weight is 199 g/mol. The van der Waals surface area contributed by atoms with Crippen LogP contribution >= 0.6 is 0 Å². The number of ether oxygens (including phenoxy) is 1. The van der Waals surface area contributed by atoms with Gasteiger partial charge in [0.2, 0.25) is 0 Å². The summed E-state index contributed by atoms with van der Waals surface area (Å²) in [6, 6.07) is 3.92. The lowest BCUT2D eigenvalue weighted by Crippen LogP contribution is -2.14. The summed E-state index contributed by atoms with van der Waals surface area (Å²) >= 11 is 0. The summed E-state index contributed by atoms with van der Waals surface area (Å²) in [6.45, 7) is 0.112. The topological polar surface area (TPSA) is 72.6 Å². The Morgan fingerprint density at radius 3 is 2.86 bits per heavy atom. The van der Waals surface area contributed by atoms with E-state index in [-0.39, 0.29) is 6.61 Å². The Kier molecular flexibility index (Phi) is 3.28. The molecule has 0 aliphatic carbocycles. The minimum Gasteiger partial charge on any atom is -0.505 e. The van der Waals surface area contributed by atoms with Crippen LogP contribution in [0.25, 0.3) is 0 Å². The third-order valence-electron chi connectivity index (χ3n) is 1.65. The number of hydrogen-bond acceptors (Lipinski definition) is 3. The molecule has 1 amide bonds. The van der Waals surface area contributed by atoms with E-state index in [0.29, 0.717) is 12.0 Å². The highest BCUT2D eigenvalue weighted by atomic mass is 19.1. The molecule has 0 aliphatic heterocycles. The van der Waals surface area contributed by atoms with Gasteiger partial charge in [0.1, 0.15) is 0 Å². The van der Waals surface area contributed by atoms with Crippen molar-refractivity contribution in [3.8, 4) is 5.75 Å². The van der Waals surface area contributed by atoms with Crippen molar-refractivity contribution in [3.63, 3.8) is 0 Å². The molecule has 0 aromatic heterocycles. The second kappa shape index (κ2) is 4.45. The van der Waals surface area contributed by atoms with E-state index in [1.165, 1.54) is 12.1 Å². The van der Waals surface area contributed by atoms with Gasteiger partial charge in [0.25, 0.3) is 0 Å². The molecular formula is C9H10FNO3. The zero-order valence-corrected chi connectivity index (χ0v) is 7.37. The maximum atomic E-state index is 12.6. The van der Waals surface area contributed by atoms with Crippen molar-refractivity contribution in [2.45, 2.75) is 6.42 Å². The maximum Gasteiger partial charge on any atom is 0.404 e. The van der Waals surface area contributed by atoms with E-state index >= 15 is 0 Å². The van der Waals surface area contributed by atoms with Crippen molar-refractivity contribution >= 4 is 6.09 Å². The lowest BCUT2D eigenvalue weighted by atomic mass is 10.1. The first-order valence-corrected chi connectivity index (χ1v) is 3.99. The molecule has 0 bridgehead atoms. The molecule has 1 aromatic rings. The van der Waals surface area contributed by atoms with E-state index in [2.05, 4.69) is 4.74 Å². The van der Waals surface area contributed by atoms with Crippen molar-refractivity contribution < 1.29 is 19.0 Å². The molecular weight excluding hydrogens is 189 g/mol. The van der Waals surface area contributed by atoms with Gasteiger partial charge in [0, 0.05) is 6.42 Å². The van der Waals surface area contributed by atoms with Gasteiger partial charge in [-0.1, -0.05) is 6.07 Å². The van der Waals surface area contributed by atoms with Crippen molar-refractivity contribution in [3.05, 3.63) is 29.6 Å². The molecule has 0 atom stereocenters. The summed E-state index contributed by atoms with van der Waals surface area (Å²) in [5, 5.41) is 9.00. The quantitative estimate of drug-likeness (QED) is 0.767. The van der Waals surface area contributed by atoms with Gasteiger partial charge < -0.3 is 15.6 Å². The number of phenolic OH excluding ortho intramolecular Hbond substituents is 1. The number of carbonyl (C=O) groups is 1. The van der Waals surface area contributed by atoms with Gasteiger partial charge in [-0.2, -0.15) is 0 Å². The molecule has 0 heterocycles. The van der Waals surface area contributed by atoms with Crippen LogP contribution in [-0.2, 0) is 11.2 Å². The molecule has 0 spiro atoms. The number of phenols is 1. The van der Waals surface area contributed by atoms with E-state index in [4.69, 9.17) is 10.8 Å². The van der Waals surface area contributed by atoms with Crippen LogP contribution in [0.4, 0.5) is 9.18 Å². The standard InChI is InChI=1S/C9H10FNO3/c10-7-2-1-6(5-8(7)12)3-4-14-9(11)13/h1-2,5,12H,3-4H2,(H2,11,13). The van der Waals surface area contributed by atoms with Crippen LogP contribution in [0.3, 0.4) is 0 Å². The summed E-state index contributed by atoms with van der Waals surface area (Å²) in [5.41, 5.74) is 5.41. The Labute approximate surface area is 80.1 Å². The van der Waals surface area contributed by atoms with E-state index < -0.39 is 17.7 Å². The summed E-state index contributed by atoms with van der Waals surface area (Å²) in [6.07, 6.45) is -0.465. The van der Waals surface area contributed by atoms with Crippen LogP contribution in [-0.4, -0.2) is 17.8 Å². The molecule has 5 heteroatoms. The van der Waals surface area contributed by atoms with Gasteiger partial charge in [-0.15, -0.1) is 0 Å². The molecule has 0 radical (unpaired) electrons. The smallest absolute Gasteiger partial charge is 0.404 e. The molecule has 4 nitrogen and oxygen atoms in total. The van der Waals surface area contributed by atoms with E-state index in [0.717, 1.165) is 6.07 Å².